The summed E-state index contributed by atoms with van der Waals surface area (Å²) in [6.45, 7) is -0.249. The molecule has 0 radical (unpaired) electrons. The molecule has 0 aromatic heterocycles. The Morgan fingerprint density at radius 3 is 2.25 bits per heavy atom. The van der Waals surface area contributed by atoms with E-state index in [4.69, 9.17) is 0 Å². The maximum absolute atomic E-state index is 11.8. The lowest BCUT2D eigenvalue weighted by molar-refractivity contribution is -0.384. The zero-order valence-electron chi connectivity index (χ0n) is 8.12. The average molecular weight is 234 g/mol. The molecule has 0 fully saturated rings. The molecule has 0 aliphatic carbocycles. The first-order chi connectivity index (χ1) is 7.38. The number of nitrogens with zero attached hydrogens (tertiary/aromatic N) is 1. The van der Waals surface area contributed by atoms with Gasteiger partial charge in [0.2, 0.25) is 0 Å². The highest BCUT2D eigenvalue weighted by atomic mass is 19.4. The number of hydrogen-bond donors (Lipinski definition) is 1. The molecule has 0 aliphatic heterocycles. The minimum atomic E-state index is -4.20. The number of nitrogens with one attached hydrogen (secondary N) is 1. The standard InChI is InChI=1S/C9H9F3N2O2/c10-9(11,12)5-6-13-7-1-3-8(4-2-7)14(15)16/h1-4,13H,5-6H2. The van der Waals surface area contributed by atoms with Crippen molar-refractivity contribution in [3.63, 3.8) is 0 Å². The maximum Gasteiger partial charge on any atom is 0.390 e. The van der Waals surface area contributed by atoms with E-state index in [9.17, 15) is 23.3 Å². The van der Waals surface area contributed by atoms with Crippen LogP contribution in [0.15, 0.2) is 24.3 Å². The van der Waals surface area contributed by atoms with Crippen molar-refractivity contribution >= 4 is 11.4 Å². The summed E-state index contributed by atoms with van der Waals surface area (Å²) in [5.74, 6) is 0. The van der Waals surface area contributed by atoms with Crippen LogP contribution in [0.25, 0.3) is 0 Å². The number of anilines is 1. The molecule has 0 aliphatic rings. The number of hydrogen-bond acceptors (Lipinski definition) is 3. The van der Waals surface area contributed by atoms with Crippen molar-refractivity contribution in [2.75, 3.05) is 11.9 Å². The fourth-order valence-corrected chi connectivity index (χ4v) is 1.05. The number of nitro groups is 1. The zero-order chi connectivity index (χ0) is 12.2. The smallest absolute Gasteiger partial charge is 0.385 e. The summed E-state index contributed by atoms with van der Waals surface area (Å²) in [5, 5.41) is 12.8. The van der Waals surface area contributed by atoms with E-state index in [0.717, 1.165) is 0 Å². The van der Waals surface area contributed by atoms with Crippen molar-refractivity contribution in [1.82, 2.24) is 0 Å². The summed E-state index contributed by atoms with van der Waals surface area (Å²) in [6, 6.07) is 5.20. The summed E-state index contributed by atoms with van der Waals surface area (Å²) in [4.78, 5) is 9.72. The summed E-state index contributed by atoms with van der Waals surface area (Å²) in [7, 11) is 0. The van der Waals surface area contributed by atoms with E-state index in [2.05, 4.69) is 5.32 Å². The van der Waals surface area contributed by atoms with E-state index in [1.807, 2.05) is 0 Å². The molecule has 0 heterocycles. The second-order valence-electron chi connectivity index (χ2n) is 3.10. The van der Waals surface area contributed by atoms with Crippen molar-refractivity contribution in [3.8, 4) is 0 Å². The van der Waals surface area contributed by atoms with Crippen LogP contribution in [-0.4, -0.2) is 17.6 Å². The summed E-state index contributed by atoms with van der Waals surface area (Å²) in [6.07, 6.45) is -5.14. The van der Waals surface area contributed by atoms with Gasteiger partial charge in [0.15, 0.2) is 0 Å². The number of benzene rings is 1. The highest BCUT2D eigenvalue weighted by Gasteiger charge is 2.26. The van der Waals surface area contributed by atoms with Gasteiger partial charge in [-0.05, 0) is 12.1 Å². The minimum Gasteiger partial charge on any atom is -0.385 e. The molecule has 0 saturated heterocycles. The Morgan fingerprint density at radius 1 is 1.25 bits per heavy atom. The minimum absolute atomic E-state index is 0.0960. The fourth-order valence-electron chi connectivity index (χ4n) is 1.05. The molecule has 0 saturated carbocycles. The van der Waals surface area contributed by atoms with Gasteiger partial charge in [0.1, 0.15) is 0 Å². The Kier molecular flexibility index (Phi) is 3.70. The SMILES string of the molecule is O=[N+]([O-])c1ccc(NCCC(F)(F)F)cc1. The number of halogens is 3. The van der Waals surface area contributed by atoms with Crippen molar-refractivity contribution < 1.29 is 18.1 Å². The third-order valence-electron chi connectivity index (χ3n) is 1.82. The topological polar surface area (TPSA) is 55.2 Å². The molecule has 1 N–H and O–H groups in total. The Bertz CT molecular complexity index is 362. The van der Waals surface area contributed by atoms with Crippen molar-refractivity contribution in [2.45, 2.75) is 12.6 Å². The van der Waals surface area contributed by atoms with Crippen LogP contribution in [0, 0.1) is 10.1 Å². The van der Waals surface area contributed by atoms with Gasteiger partial charge in [-0.25, -0.2) is 0 Å². The number of alkyl halides is 3. The molecule has 0 bridgehead atoms. The highest BCUT2D eigenvalue weighted by molar-refractivity contribution is 5.48. The lowest BCUT2D eigenvalue weighted by atomic mass is 10.3. The summed E-state index contributed by atoms with van der Waals surface area (Å²) >= 11 is 0. The fraction of sp³-hybridized carbons (Fsp3) is 0.333. The predicted molar refractivity (Wildman–Crippen MR) is 52.3 cm³/mol. The van der Waals surface area contributed by atoms with Crippen LogP contribution in [0.2, 0.25) is 0 Å². The van der Waals surface area contributed by atoms with E-state index >= 15 is 0 Å². The molecular weight excluding hydrogens is 225 g/mol. The van der Waals surface area contributed by atoms with Crippen molar-refractivity contribution in [3.05, 3.63) is 34.4 Å². The number of non-ortho nitro benzene ring substituents is 1. The Balaban J connectivity index is 2.47. The molecular formula is C9H9F3N2O2. The lowest BCUT2D eigenvalue weighted by Gasteiger charge is -2.08. The van der Waals surface area contributed by atoms with Gasteiger partial charge in [0.05, 0.1) is 11.3 Å². The molecule has 0 spiro atoms. The van der Waals surface area contributed by atoms with Gasteiger partial charge in [-0.2, -0.15) is 13.2 Å². The van der Waals surface area contributed by atoms with Crippen LogP contribution < -0.4 is 5.32 Å². The summed E-state index contributed by atoms with van der Waals surface area (Å²) in [5.41, 5.74) is 0.330. The van der Waals surface area contributed by atoms with Gasteiger partial charge in [-0.15, -0.1) is 0 Å². The average Bonchev–Trinajstić information content (AvgIpc) is 2.16. The second-order valence-corrected chi connectivity index (χ2v) is 3.10. The molecule has 4 nitrogen and oxygen atoms in total. The van der Waals surface area contributed by atoms with Crippen LogP contribution in [0.1, 0.15) is 6.42 Å². The zero-order valence-corrected chi connectivity index (χ0v) is 8.12. The van der Waals surface area contributed by atoms with Gasteiger partial charge in [0, 0.05) is 24.4 Å². The van der Waals surface area contributed by atoms with E-state index in [1.165, 1.54) is 24.3 Å². The molecule has 1 aromatic carbocycles. The van der Waals surface area contributed by atoms with Crippen molar-refractivity contribution in [1.29, 1.82) is 0 Å². The molecule has 1 rings (SSSR count). The van der Waals surface area contributed by atoms with Crippen LogP contribution in [0.5, 0.6) is 0 Å². The number of nitro benzene ring substituents is 1. The van der Waals surface area contributed by atoms with Gasteiger partial charge < -0.3 is 5.32 Å². The third-order valence-corrected chi connectivity index (χ3v) is 1.82. The molecule has 1 aromatic rings. The van der Waals surface area contributed by atoms with Crippen LogP contribution >= 0.6 is 0 Å². The molecule has 0 amide bonds. The Hall–Kier alpha value is -1.79. The largest absolute Gasteiger partial charge is 0.390 e. The van der Waals surface area contributed by atoms with Gasteiger partial charge in [-0.3, -0.25) is 10.1 Å². The maximum atomic E-state index is 11.8. The summed E-state index contributed by atoms with van der Waals surface area (Å²) < 4.78 is 35.4. The van der Waals surface area contributed by atoms with E-state index < -0.39 is 17.5 Å². The molecule has 16 heavy (non-hydrogen) atoms. The monoisotopic (exact) mass is 234 g/mol. The van der Waals surface area contributed by atoms with Gasteiger partial charge in [-0.1, -0.05) is 0 Å². The Morgan fingerprint density at radius 2 is 1.81 bits per heavy atom. The second kappa shape index (κ2) is 4.82. The first-order valence-electron chi connectivity index (χ1n) is 4.43. The Labute approximate surface area is 89.2 Å². The molecule has 0 atom stereocenters. The molecule has 0 unspecified atom stereocenters. The quantitative estimate of drug-likeness (QED) is 0.643. The number of rotatable bonds is 4. The molecule has 88 valence electrons. The van der Waals surface area contributed by atoms with Gasteiger partial charge >= 0.3 is 6.18 Å². The van der Waals surface area contributed by atoms with E-state index in [0.29, 0.717) is 5.69 Å². The first-order valence-corrected chi connectivity index (χ1v) is 4.43. The van der Waals surface area contributed by atoms with Gasteiger partial charge in [0.25, 0.3) is 5.69 Å². The van der Waals surface area contributed by atoms with E-state index in [-0.39, 0.29) is 12.2 Å². The highest BCUT2D eigenvalue weighted by Crippen LogP contribution is 2.20. The van der Waals surface area contributed by atoms with Crippen molar-refractivity contribution in [2.24, 2.45) is 0 Å². The normalized spacial score (nSPS) is 11.2. The third kappa shape index (κ3) is 4.16. The predicted octanol–water partition coefficient (Wildman–Crippen LogP) is 2.96. The molecule has 7 heteroatoms. The first kappa shape index (κ1) is 12.3. The van der Waals surface area contributed by atoms with Crippen LogP contribution in [0.3, 0.4) is 0 Å². The van der Waals surface area contributed by atoms with E-state index in [1.54, 1.807) is 0 Å². The van der Waals surface area contributed by atoms with Crippen LogP contribution in [-0.2, 0) is 0 Å². The lowest BCUT2D eigenvalue weighted by Crippen LogP contribution is -2.14. The van der Waals surface area contributed by atoms with Crippen LogP contribution in [0.4, 0.5) is 24.5 Å².